The highest BCUT2D eigenvalue weighted by Crippen LogP contribution is 2.23. The molecule has 1 aromatic rings. The van der Waals surface area contributed by atoms with E-state index in [-0.39, 0.29) is 17.8 Å². The zero-order valence-electron chi connectivity index (χ0n) is 12.2. The van der Waals surface area contributed by atoms with Gasteiger partial charge in [0.2, 0.25) is 5.91 Å². The standard InChI is InChI=1S/C16H23FN2O/c1-3-19(16(20)10-13-8-9-18-11-13)12(2)14-4-6-15(17)7-5-14/h4-7,12-13,18H,3,8-11H2,1-2H3. The van der Waals surface area contributed by atoms with Crippen molar-refractivity contribution in [2.24, 2.45) is 5.92 Å². The smallest absolute Gasteiger partial charge is 0.223 e. The molecule has 2 atom stereocenters. The van der Waals surface area contributed by atoms with Crippen molar-refractivity contribution in [1.82, 2.24) is 10.2 Å². The quantitative estimate of drug-likeness (QED) is 0.898. The summed E-state index contributed by atoms with van der Waals surface area (Å²) in [4.78, 5) is 14.3. The Morgan fingerprint density at radius 2 is 2.15 bits per heavy atom. The van der Waals surface area contributed by atoms with E-state index < -0.39 is 0 Å². The van der Waals surface area contributed by atoms with Crippen LogP contribution in [0.2, 0.25) is 0 Å². The van der Waals surface area contributed by atoms with Gasteiger partial charge in [0.25, 0.3) is 0 Å². The highest BCUT2D eigenvalue weighted by Gasteiger charge is 2.24. The van der Waals surface area contributed by atoms with Crippen LogP contribution in [-0.2, 0) is 4.79 Å². The average molecular weight is 278 g/mol. The van der Waals surface area contributed by atoms with Gasteiger partial charge in [-0.3, -0.25) is 4.79 Å². The second-order valence-corrected chi connectivity index (χ2v) is 5.47. The lowest BCUT2D eigenvalue weighted by molar-refractivity contribution is -0.134. The lowest BCUT2D eigenvalue weighted by Gasteiger charge is -2.29. The Morgan fingerprint density at radius 1 is 1.45 bits per heavy atom. The van der Waals surface area contributed by atoms with Gasteiger partial charge in [-0.2, -0.15) is 0 Å². The Balaban J connectivity index is 2.02. The monoisotopic (exact) mass is 278 g/mol. The number of nitrogens with one attached hydrogen (secondary N) is 1. The Labute approximate surface area is 120 Å². The fourth-order valence-electron chi connectivity index (χ4n) is 2.84. The van der Waals surface area contributed by atoms with Crippen LogP contribution in [0.4, 0.5) is 4.39 Å². The highest BCUT2D eigenvalue weighted by molar-refractivity contribution is 5.77. The SMILES string of the molecule is CCN(C(=O)CC1CCNC1)C(C)c1ccc(F)cc1. The van der Waals surface area contributed by atoms with Gasteiger partial charge in [-0.1, -0.05) is 12.1 Å². The molecule has 0 aliphatic carbocycles. The first-order valence-electron chi connectivity index (χ1n) is 7.37. The Bertz CT molecular complexity index is 440. The molecule has 2 unspecified atom stereocenters. The second kappa shape index (κ2) is 6.84. The van der Waals surface area contributed by atoms with Gasteiger partial charge in [0.1, 0.15) is 5.82 Å². The molecular formula is C16H23FN2O. The third-order valence-corrected chi connectivity index (χ3v) is 4.11. The van der Waals surface area contributed by atoms with Crippen molar-refractivity contribution in [3.8, 4) is 0 Å². The molecule has 3 nitrogen and oxygen atoms in total. The van der Waals surface area contributed by atoms with Crippen LogP contribution in [0.1, 0.15) is 38.3 Å². The normalized spacial score (nSPS) is 19.9. The maximum Gasteiger partial charge on any atom is 0.223 e. The fraction of sp³-hybridized carbons (Fsp3) is 0.562. The fourth-order valence-corrected chi connectivity index (χ4v) is 2.84. The molecule has 1 aliphatic rings. The molecule has 2 rings (SSSR count). The van der Waals surface area contributed by atoms with Crippen LogP contribution < -0.4 is 5.32 Å². The van der Waals surface area contributed by atoms with Crippen molar-refractivity contribution in [2.75, 3.05) is 19.6 Å². The largest absolute Gasteiger partial charge is 0.336 e. The van der Waals surface area contributed by atoms with Crippen LogP contribution in [0.3, 0.4) is 0 Å². The third kappa shape index (κ3) is 3.57. The molecule has 1 aliphatic heterocycles. The number of nitrogens with zero attached hydrogens (tertiary/aromatic N) is 1. The molecule has 0 saturated carbocycles. The van der Waals surface area contributed by atoms with Crippen molar-refractivity contribution >= 4 is 5.91 Å². The van der Waals surface area contributed by atoms with E-state index in [1.807, 2.05) is 18.7 Å². The van der Waals surface area contributed by atoms with E-state index in [1.54, 1.807) is 12.1 Å². The van der Waals surface area contributed by atoms with Crippen LogP contribution in [0.5, 0.6) is 0 Å². The van der Waals surface area contributed by atoms with E-state index in [0.29, 0.717) is 18.9 Å². The van der Waals surface area contributed by atoms with E-state index in [4.69, 9.17) is 0 Å². The van der Waals surface area contributed by atoms with Crippen LogP contribution >= 0.6 is 0 Å². The average Bonchev–Trinajstić information content (AvgIpc) is 2.93. The molecule has 1 amide bonds. The summed E-state index contributed by atoms with van der Waals surface area (Å²) >= 11 is 0. The Kier molecular flexibility index (Phi) is 5.12. The lowest BCUT2D eigenvalue weighted by Crippen LogP contribution is -2.34. The van der Waals surface area contributed by atoms with Gasteiger partial charge in [-0.05, 0) is 57.0 Å². The summed E-state index contributed by atoms with van der Waals surface area (Å²) in [6, 6.07) is 6.40. The first kappa shape index (κ1) is 15.0. The van der Waals surface area contributed by atoms with Gasteiger partial charge in [0.05, 0.1) is 6.04 Å². The zero-order valence-corrected chi connectivity index (χ0v) is 12.2. The molecule has 1 aromatic carbocycles. The number of rotatable bonds is 5. The molecule has 20 heavy (non-hydrogen) atoms. The van der Waals surface area contributed by atoms with E-state index in [9.17, 15) is 9.18 Å². The van der Waals surface area contributed by atoms with E-state index >= 15 is 0 Å². The highest BCUT2D eigenvalue weighted by atomic mass is 19.1. The predicted octanol–water partition coefficient (Wildman–Crippen LogP) is 2.73. The molecule has 110 valence electrons. The first-order valence-corrected chi connectivity index (χ1v) is 7.37. The zero-order chi connectivity index (χ0) is 14.5. The van der Waals surface area contributed by atoms with Gasteiger partial charge < -0.3 is 10.2 Å². The minimum Gasteiger partial charge on any atom is -0.336 e. The van der Waals surface area contributed by atoms with Crippen LogP contribution in [-0.4, -0.2) is 30.4 Å². The number of carbonyl (C=O) groups excluding carboxylic acids is 1. The van der Waals surface area contributed by atoms with Crippen LogP contribution in [0.25, 0.3) is 0 Å². The molecule has 0 bridgehead atoms. The number of amides is 1. The number of benzene rings is 1. The maximum atomic E-state index is 13.0. The number of carbonyl (C=O) groups is 1. The van der Waals surface area contributed by atoms with E-state index in [2.05, 4.69) is 5.32 Å². The van der Waals surface area contributed by atoms with Crippen LogP contribution in [0, 0.1) is 11.7 Å². The van der Waals surface area contributed by atoms with Crippen LogP contribution in [0.15, 0.2) is 24.3 Å². The molecule has 0 aromatic heterocycles. The van der Waals surface area contributed by atoms with E-state index in [0.717, 1.165) is 25.1 Å². The Hall–Kier alpha value is -1.42. The lowest BCUT2D eigenvalue weighted by atomic mass is 10.0. The topological polar surface area (TPSA) is 32.3 Å². The van der Waals surface area contributed by atoms with Crippen molar-refractivity contribution in [3.63, 3.8) is 0 Å². The summed E-state index contributed by atoms with van der Waals surface area (Å²) in [5.41, 5.74) is 0.978. The van der Waals surface area contributed by atoms with Crippen molar-refractivity contribution in [3.05, 3.63) is 35.6 Å². The number of hydrogen-bond donors (Lipinski definition) is 1. The first-order chi connectivity index (χ1) is 9.61. The number of halogens is 1. The summed E-state index contributed by atoms with van der Waals surface area (Å²) in [5, 5.41) is 3.29. The number of hydrogen-bond acceptors (Lipinski definition) is 2. The minimum absolute atomic E-state index is 0.0116. The molecule has 0 radical (unpaired) electrons. The molecule has 0 spiro atoms. The van der Waals surface area contributed by atoms with Crippen molar-refractivity contribution in [2.45, 2.75) is 32.7 Å². The molecule has 1 fully saturated rings. The third-order valence-electron chi connectivity index (χ3n) is 4.11. The Morgan fingerprint density at radius 3 is 2.70 bits per heavy atom. The van der Waals surface area contributed by atoms with Gasteiger partial charge in [0.15, 0.2) is 0 Å². The molecular weight excluding hydrogens is 255 g/mol. The molecule has 4 heteroatoms. The van der Waals surface area contributed by atoms with Gasteiger partial charge in [-0.15, -0.1) is 0 Å². The molecule has 1 saturated heterocycles. The summed E-state index contributed by atoms with van der Waals surface area (Å²) in [5.74, 6) is 0.405. The summed E-state index contributed by atoms with van der Waals surface area (Å²) in [6.45, 7) is 6.62. The van der Waals surface area contributed by atoms with Gasteiger partial charge >= 0.3 is 0 Å². The maximum absolute atomic E-state index is 13.0. The summed E-state index contributed by atoms with van der Waals surface area (Å²) < 4.78 is 13.0. The summed E-state index contributed by atoms with van der Waals surface area (Å²) in [6.07, 6.45) is 1.68. The summed E-state index contributed by atoms with van der Waals surface area (Å²) in [7, 11) is 0. The predicted molar refractivity (Wildman–Crippen MR) is 77.8 cm³/mol. The van der Waals surface area contributed by atoms with Gasteiger partial charge in [0, 0.05) is 13.0 Å². The van der Waals surface area contributed by atoms with Crippen molar-refractivity contribution in [1.29, 1.82) is 0 Å². The van der Waals surface area contributed by atoms with Gasteiger partial charge in [-0.25, -0.2) is 4.39 Å². The second-order valence-electron chi connectivity index (χ2n) is 5.47. The molecule has 1 heterocycles. The van der Waals surface area contributed by atoms with Crippen molar-refractivity contribution < 1.29 is 9.18 Å². The van der Waals surface area contributed by atoms with E-state index in [1.165, 1.54) is 12.1 Å². The molecule has 1 N–H and O–H groups in total. The minimum atomic E-state index is -0.243.